The van der Waals surface area contributed by atoms with Crippen molar-refractivity contribution in [3.05, 3.63) is 70.6 Å². The van der Waals surface area contributed by atoms with Crippen LogP contribution >= 0.6 is 11.8 Å². The summed E-state index contributed by atoms with van der Waals surface area (Å²) in [5.74, 6) is 0.417. The number of hydrogen-bond acceptors (Lipinski definition) is 6. The topological polar surface area (TPSA) is 59.1 Å². The molecular formula is C22H22N2O4S. The second kappa shape index (κ2) is 9.26. The normalized spacial score (nSPS) is 19.2. The molecule has 7 heteroatoms. The summed E-state index contributed by atoms with van der Waals surface area (Å²) in [6.45, 7) is 3.42. The van der Waals surface area contributed by atoms with Crippen LogP contribution in [-0.2, 0) is 16.1 Å². The Morgan fingerprint density at radius 1 is 1.00 bits per heavy atom. The van der Waals surface area contributed by atoms with Crippen LogP contribution in [0.15, 0.2) is 59.5 Å². The van der Waals surface area contributed by atoms with Crippen LogP contribution in [0, 0.1) is 0 Å². The number of morpholine rings is 1. The Kier molecular flexibility index (Phi) is 6.29. The number of para-hydroxylation sites is 1. The smallest absolute Gasteiger partial charge is 0.294 e. The molecule has 2 fully saturated rings. The molecule has 6 nitrogen and oxygen atoms in total. The van der Waals surface area contributed by atoms with Gasteiger partial charge in [-0.2, -0.15) is 0 Å². The number of carbonyl (C=O) groups is 2. The molecule has 150 valence electrons. The van der Waals surface area contributed by atoms with Gasteiger partial charge in [-0.1, -0.05) is 48.5 Å². The van der Waals surface area contributed by atoms with Crippen molar-refractivity contribution in [1.29, 1.82) is 0 Å². The Labute approximate surface area is 174 Å². The zero-order valence-electron chi connectivity index (χ0n) is 16.0. The van der Waals surface area contributed by atoms with Gasteiger partial charge in [-0.3, -0.25) is 19.4 Å². The third kappa shape index (κ3) is 4.87. The van der Waals surface area contributed by atoms with Gasteiger partial charge in [-0.25, -0.2) is 0 Å². The van der Waals surface area contributed by atoms with Crippen molar-refractivity contribution in [2.75, 3.05) is 33.0 Å². The fourth-order valence-corrected chi connectivity index (χ4v) is 3.99. The molecule has 4 rings (SSSR count). The van der Waals surface area contributed by atoms with Gasteiger partial charge < -0.3 is 9.47 Å². The summed E-state index contributed by atoms with van der Waals surface area (Å²) < 4.78 is 11.3. The molecule has 2 aliphatic heterocycles. The van der Waals surface area contributed by atoms with E-state index in [2.05, 4.69) is 4.90 Å². The average molecular weight is 410 g/mol. The van der Waals surface area contributed by atoms with E-state index in [9.17, 15) is 9.59 Å². The molecule has 0 N–H and O–H groups in total. The quantitative estimate of drug-likeness (QED) is 0.679. The van der Waals surface area contributed by atoms with E-state index in [1.165, 1.54) is 4.90 Å². The fraction of sp³-hybridized carbons (Fsp3) is 0.273. The molecule has 0 bridgehead atoms. The summed E-state index contributed by atoms with van der Waals surface area (Å²) >= 11 is 0.973. The van der Waals surface area contributed by atoms with E-state index in [1.807, 2.05) is 54.6 Å². The number of benzene rings is 2. The molecule has 0 atom stereocenters. The number of rotatable bonds is 6. The van der Waals surface area contributed by atoms with E-state index in [-0.39, 0.29) is 11.1 Å². The molecule has 2 aromatic rings. The lowest BCUT2D eigenvalue weighted by Crippen LogP contribution is -2.45. The Balaban J connectivity index is 1.47. The SMILES string of the molecule is O=C1SC(=Cc2ccccc2OCc2ccccc2)C(=O)N1CN1CCOCC1. The van der Waals surface area contributed by atoms with Crippen LogP contribution in [0.2, 0.25) is 0 Å². The van der Waals surface area contributed by atoms with Crippen LogP contribution in [-0.4, -0.2) is 53.9 Å². The van der Waals surface area contributed by atoms with Crippen molar-refractivity contribution < 1.29 is 19.1 Å². The minimum Gasteiger partial charge on any atom is -0.488 e. The molecule has 2 saturated heterocycles. The third-order valence-electron chi connectivity index (χ3n) is 4.76. The fourth-order valence-electron chi connectivity index (χ4n) is 3.17. The number of thioether (sulfide) groups is 1. The summed E-state index contributed by atoms with van der Waals surface area (Å²) in [6.07, 6.45) is 1.74. The standard InChI is InChI=1S/C22H22N2O4S/c25-21-20(29-22(26)24(21)16-23-10-12-27-13-11-23)14-18-8-4-5-9-19(18)28-15-17-6-2-1-3-7-17/h1-9,14H,10-13,15-16H2. The van der Waals surface area contributed by atoms with E-state index < -0.39 is 0 Å². The Morgan fingerprint density at radius 2 is 1.72 bits per heavy atom. The molecule has 29 heavy (non-hydrogen) atoms. The monoisotopic (exact) mass is 410 g/mol. The molecule has 0 saturated carbocycles. The molecule has 2 aliphatic rings. The van der Waals surface area contributed by atoms with Crippen LogP contribution in [0.25, 0.3) is 6.08 Å². The number of amides is 2. The van der Waals surface area contributed by atoms with Gasteiger partial charge in [0.25, 0.3) is 11.1 Å². The first kappa shape index (κ1) is 19.7. The van der Waals surface area contributed by atoms with E-state index in [0.29, 0.717) is 37.1 Å². The highest BCUT2D eigenvalue weighted by molar-refractivity contribution is 8.18. The van der Waals surface area contributed by atoms with Gasteiger partial charge in [0.15, 0.2) is 0 Å². The minimum atomic E-state index is -0.260. The summed E-state index contributed by atoms with van der Waals surface area (Å²) in [5, 5.41) is -0.240. The first-order valence-corrected chi connectivity index (χ1v) is 10.3. The molecule has 2 amide bonds. The zero-order chi connectivity index (χ0) is 20.1. The number of hydrogen-bond donors (Lipinski definition) is 0. The summed E-state index contributed by atoms with van der Waals surface area (Å²) in [5.41, 5.74) is 1.84. The molecule has 0 unspecified atom stereocenters. The van der Waals surface area contributed by atoms with Crippen LogP contribution < -0.4 is 4.74 Å². The van der Waals surface area contributed by atoms with Gasteiger partial charge >= 0.3 is 0 Å². The largest absolute Gasteiger partial charge is 0.488 e. The van der Waals surface area contributed by atoms with E-state index in [0.717, 1.165) is 36.0 Å². The molecule has 0 aliphatic carbocycles. The molecule has 0 aromatic heterocycles. The second-order valence-electron chi connectivity index (χ2n) is 6.79. The van der Waals surface area contributed by atoms with Crippen LogP contribution in [0.5, 0.6) is 5.75 Å². The Bertz CT molecular complexity index is 910. The summed E-state index contributed by atoms with van der Waals surface area (Å²) in [4.78, 5) is 29.0. The third-order valence-corrected chi connectivity index (χ3v) is 5.67. The maximum atomic E-state index is 12.8. The highest BCUT2D eigenvalue weighted by Crippen LogP contribution is 2.34. The van der Waals surface area contributed by atoms with Crippen LogP contribution in [0.4, 0.5) is 4.79 Å². The lowest BCUT2D eigenvalue weighted by atomic mass is 10.1. The molecule has 2 aromatic carbocycles. The summed E-state index contributed by atoms with van der Waals surface area (Å²) in [7, 11) is 0. The van der Waals surface area contributed by atoms with Gasteiger partial charge in [0.05, 0.1) is 24.8 Å². The van der Waals surface area contributed by atoms with E-state index in [4.69, 9.17) is 9.47 Å². The number of nitrogens with zero attached hydrogens (tertiary/aromatic N) is 2. The lowest BCUT2D eigenvalue weighted by Gasteiger charge is -2.29. The lowest BCUT2D eigenvalue weighted by molar-refractivity contribution is -0.125. The molecule has 0 radical (unpaired) electrons. The first-order chi connectivity index (χ1) is 14.2. The maximum Gasteiger partial charge on any atom is 0.294 e. The van der Waals surface area contributed by atoms with Gasteiger partial charge in [-0.15, -0.1) is 0 Å². The van der Waals surface area contributed by atoms with Crippen molar-refractivity contribution in [3.8, 4) is 5.75 Å². The first-order valence-electron chi connectivity index (χ1n) is 9.52. The van der Waals surface area contributed by atoms with Gasteiger partial charge in [0.1, 0.15) is 12.4 Å². The zero-order valence-corrected chi connectivity index (χ0v) is 16.8. The second-order valence-corrected chi connectivity index (χ2v) is 7.79. The van der Waals surface area contributed by atoms with Crippen molar-refractivity contribution in [2.24, 2.45) is 0 Å². The van der Waals surface area contributed by atoms with E-state index >= 15 is 0 Å². The molecule has 2 heterocycles. The van der Waals surface area contributed by atoms with Crippen molar-refractivity contribution >= 4 is 29.0 Å². The highest BCUT2D eigenvalue weighted by Gasteiger charge is 2.36. The van der Waals surface area contributed by atoms with Gasteiger partial charge in [-0.05, 0) is 29.5 Å². The predicted molar refractivity (Wildman–Crippen MR) is 112 cm³/mol. The molecular weight excluding hydrogens is 388 g/mol. The predicted octanol–water partition coefficient (Wildman–Crippen LogP) is 3.59. The van der Waals surface area contributed by atoms with Gasteiger partial charge in [0, 0.05) is 18.7 Å². The van der Waals surface area contributed by atoms with E-state index in [1.54, 1.807) is 6.08 Å². The number of carbonyl (C=O) groups excluding carboxylic acids is 2. The van der Waals surface area contributed by atoms with Crippen LogP contribution in [0.3, 0.4) is 0 Å². The minimum absolute atomic E-state index is 0.240. The number of ether oxygens (including phenoxy) is 2. The van der Waals surface area contributed by atoms with Crippen molar-refractivity contribution in [1.82, 2.24) is 9.80 Å². The molecule has 0 spiro atoms. The Hall–Kier alpha value is -2.61. The maximum absolute atomic E-state index is 12.8. The number of imide groups is 1. The van der Waals surface area contributed by atoms with Gasteiger partial charge in [0.2, 0.25) is 0 Å². The highest BCUT2D eigenvalue weighted by atomic mass is 32.2. The summed E-state index contributed by atoms with van der Waals surface area (Å²) in [6, 6.07) is 17.4. The van der Waals surface area contributed by atoms with Crippen LogP contribution in [0.1, 0.15) is 11.1 Å². The van der Waals surface area contributed by atoms with Crippen molar-refractivity contribution in [2.45, 2.75) is 6.61 Å². The average Bonchev–Trinajstić information content (AvgIpc) is 3.02. The Morgan fingerprint density at radius 3 is 2.52 bits per heavy atom. The van der Waals surface area contributed by atoms with Crippen molar-refractivity contribution in [3.63, 3.8) is 0 Å².